The lowest BCUT2D eigenvalue weighted by Gasteiger charge is -2.31. The maximum Gasteiger partial charge on any atom is 0.253 e. The molecule has 1 amide bonds. The smallest absolute Gasteiger partial charge is 0.253 e. The van der Waals surface area contributed by atoms with Crippen molar-refractivity contribution in [3.05, 3.63) is 63.7 Å². The third kappa shape index (κ3) is 3.88. The molecule has 0 aliphatic carbocycles. The first-order chi connectivity index (χ1) is 13.5. The predicted octanol–water partition coefficient (Wildman–Crippen LogP) is 4.77. The fourth-order valence-electron chi connectivity index (χ4n) is 3.29. The van der Waals surface area contributed by atoms with Crippen LogP contribution in [0.5, 0.6) is 0 Å². The van der Waals surface area contributed by atoms with Gasteiger partial charge in [-0.2, -0.15) is 0 Å². The number of aromatic nitrogens is 3. The van der Waals surface area contributed by atoms with Crippen molar-refractivity contribution < 1.29 is 9.21 Å². The van der Waals surface area contributed by atoms with Gasteiger partial charge in [-0.3, -0.25) is 9.78 Å². The van der Waals surface area contributed by atoms with Gasteiger partial charge >= 0.3 is 0 Å². The van der Waals surface area contributed by atoms with Crippen molar-refractivity contribution in [2.75, 3.05) is 13.1 Å². The van der Waals surface area contributed by atoms with Crippen LogP contribution < -0.4 is 0 Å². The number of pyridine rings is 1. The van der Waals surface area contributed by atoms with E-state index in [1.165, 1.54) is 0 Å². The standard InChI is InChI=1S/C20H18Cl2N4O2/c1-12-4-5-14(10-23-12)18-24-25-19(28-18)15-3-2-8-26(11-15)20(27)13-6-7-16(21)17(22)9-13/h4-7,9-10,15H,2-3,8,11H2,1H3/t15-/m0/s1. The highest BCUT2D eigenvalue weighted by molar-refractivity contribution is 6.42. The summed E-state index contributed by atoms with van der Waals surface area (Å²) >= 11 is 12.0. The lowest BCUT2D eigenvalue weighted by molar-refractivity contribution is 0.0698. The number of piperidine rings is 1. The third-order valence-corrected chi connectivity index (χ3v) is 5.56. The van der Waals surface area contributed by atoms with Gasteiger partial charge in [-0.15, -0.1) is 10.2 Å². The SMILES string of the molecule is Cc1ccc(-c2nnc([C@H]3CCCN(C(=O)c4ccc(Cl)c(Cl)c4)C3)o2)cn1. The molecule has 0 bridgehead atoms. The highest BCUT2D eigenvalue weighted by atomic mass is 35.5. The lowest BCUT2D eigenvalue weighted by Crippen LogP contribution is -2.39. The number of carbonyl (C=O) groups excluding carboxylic acids is 1. The molecular weight excluding hydrogens is 399 g/mol. The Kier molecular flexibility index (Phi) is 5.33. The summed E-state index contributed by atoms with van der Waals surface area (Å²) in [6, 6.07) is 8.73. The molecule has 3 aromatic rings. The minimum absolute atomic E-state index is 0.000120. The van der Waals surface area contributed by atoms with Crippen molar-refractivity contribution in [1.29, 1.82) is 0 Å². The minimum atomic E-state index is -0.0780. The summed E-state index contributed by atoms with van der Waals surface area (Å²) in [6.07, 6.45) is 3.47. The van der Waals surface area contributed by atoms with E-state index >= 15 is 0 Å². The van der Waals surface area contributed by atoms with Crippen molar-refractivity contribution in [2.24, 2.45) is 0 Å². The van der Waals surface area contributed by atoms with E-state index in [1.54, 1.807) is 29.3 Å². The van der Waals surface area contributed by atoms with Crippen LogP contribution >= 0.6 is 23.2 Å². The van der Waals surface area contributed by atoms with Crippen LogP contribution in [-0.2, 0) is 0 Å². The average molecular weight is 417 g/mol. The molecule has 1 aliphatic rings. The normalized spacial score (nSPS) is 17.0. The number of nitrogens with zero attached hydrogens (tertiary/aromatic N) is 4. The fourth-order valence-corrected chi connectivity index (χ4v) is 3.58. The van der Waals surface area contributed by atoms with E-state index in [0.29, 0.717) is 40.5 Å². The van der Waals surface area contributed by atoms with Gasteiger partial charge in [-0.1, -0.05) is 23.2 Å². The van der Waals surface area contributed by atoms with E-state index in [0.717, 1.165) is 24.1 Å². The number of halogens is 2. The quantitative estimate of drug-likeness (QED) is 0.614. The number of hydrogen-bond acceptors (Lipinski definition) is 5. The Bertz CT molecular complexity index is 1000. The van der Waals surface area contributed by atoms with Crippen LogP contribution in [0.2, 0.25) is 10.0 Å². The summed E-state index contributed by atoms with van der Waals surface area (Å²) < 4.78 is 5.88. The molecule has 0 N–H and O–H groups in total. The Labute approximate surface area is 172 Å². The second-order valence-corrected chi connectivity index (χ2v) is 7.67. The first kappa shape index (κ1) is 18.9. The number of hydrogen-bond donors (Lipinski definition) is 0. The van der Waals surface area contributed by atoms with Gasteiger partial charge in [-0.05, 0) is 50.1 Å². The van der Waals surface area contributed by atoms with Crippen molar-refractivity contribution >= 4 is 29.1 Å². The first-order valence-electron chi connectivity index (χ1n) is 9.02. The Morgan fingerprint density at radius 1 is 1.18 bits per heavy atom. The molecule has 1 atom stereocenters. The number of carbonyl (C=O) groups is 1. The van der Waals surface area contributed by atoms with Gasteiger partial charge in [0.25, 0.3) is 5.91 Å². The summed E-state index contributed by atoms with van der Waals surface area (Å²) in [5.74, 6) is 0.906. The molecule has 8 heteroatoms. The van der Waals surface area contributed by atoms with Crippen LogP contribution in [0.1, 0.15) is 40.7 Å². The first-order valence-corrected chi connectivity index (χ1v) is 9.77. The molecule has 1 aromatic carbocycles. The molecule has 0 saturated carbocycles. The van der Waals surface area contributed by atoms with E-state index in [2.05, 4.69) is 15.2 Å². The Hall–Kier alpha value is -2.44. The van der Waals surface area contributed by atoms with Crippen molar-refractivity contribution in [3.8, 4) is 11.5 Å². The van der Waals surface area contributed by atoms with Crippen molar-refractivity contribution in [3.63, 3.8) is 0 Å². The van der Waals surface area contributed by atoms with Gasteiger partial charge < -0.3 is 9.32 Å². The Balaban J connectivity index is 1.50. The lowest BCUT2D eigenvalue weighted by atomic mass is 9.97. The van der Waals surface area contributed by atoms with Crippen molar-refractivity contribution in [1.82, 2.24) is 20.1 Å². The van der Waals surface area contributed by atoms with Gasteiger partial charge in [0.1, 0.15) is 0 Å². The van der Waals surface area contributed by atoms with Crippen LogP contribution in [-0.4, -0.2) is 39.1 Å². The van der Waals surface area contributed by atoms with Gasteiger partial charge in [0, 0.05) is 30.5 Å². The van der Waals surface area contributed by atoms with Gasteiger partial charge in [0.05, 0.1) is 21.5 Å². The highest BCUT2D eigenvalue weighted by Crippen LogP contribution is 2.30. The molecule has 3 heterocycles. The summed E-state index contributed by atoms with van der Waals surface area (Å²) in [4.78, 5) is 18.9. The monoisotopic (exact) mass is 416 g/mol. The third-order valence-electron chi connectivity index (χ3n) is 4.82. The largest absolute Gasteiger partial charge is 0.420 e. The second kappa shape index (κ2) is 7.89. The fraction of sp³-hybridized carbons (Fsp3) is 0.300. The van der Waals surface area contributed by atoms with Gasteiger partial charge in [0.2, 0.25) is 11.8 Å². The Morgan fingerprint density at radius 2 is 2.04 bits per heavy atom. The zero-order valence-electron chi connectivity index (χ0n) is 15.2. The predicted molar refractivity (Wildman–Crippen MR) is 107 cm³/mol. The van der Waals surface area contributed by atoms with Gasteiger partial charge in [-0.25, -0.2) is 0 Å². The number of amides is 1. The average Bonchev–Trinajstić information content (AvgIpc) is 3.20. The zero-order valence-corrected chi connectivity index (χ0v) is 16.7. The Morgan fingerprint density at radius 3 is 2.79 bits per heavy atom. The van der Waals surface area contributed by atoms with E-state index < -0.39 is 0 Å². The zero-order chi connectivity index (χ0) is 19.7. The van der Waals surface area contributed by atoms with E-state index in [-0.39, 0.29) is 11.8 Å². The van der Waals surface area contributed by atoms with Crippen LogP contribution in [0.25, 0.3) is 11.5 Å². The molecule has 0 unspecified atom stereocenters. The molecule has 0 spiro atoms. The molecule has 6 nitrogen and oxygen atoms in total. The van der Waals surface area contributed by atoms with Crippen LogP contribution in [0.4, 0.5) is 0 Å². The number of likely N-dealkylation sites (tertiary alicyclic amines) is 1. The maximum atomic E-state index is 12.8. The molecular formula is C20H18Cl2N4O2. The second-order valence-electron chi connectivity index (χ2n) is 6.85. The van der Waals surface area contributed by atoms with E-state index in [1.807, 2.05) is 19.1 Å². The summed E-state index contributed by atoms with van der Waals surface area (Å²) in [7, 11) is 0. The molecule has 0 radical (unpaired) electrons. The minimum Gasteiger partial charge on any atom is -0.420 e. The molecule has 4 rings (SSSR count). The van der Waals surface area contributed by atoms with Gasteiger partial charge in [0.15, 0.2) is 0 Å². The molecule has 1 aliphatic heterocycles. The van der Waals surface area contributed by atoms with Crippen LogP contribution in [0.3, 0.4) is 0 Å². The molecule has 1 saturated heterocycles. The van der Waals surface area contributed by atoms with E-state index in [9.17, 15) is 4.79 Å². The van der Waals surface area contributed by atoms with Crippen LogP contribution in [0.15, 0.2) is 40.9 Å². The molecule has 28 heavy (non-hydrogen) atoms. The number of rotatable bonds is 3. The molecule has 144 valence electrons. The molecule has 2 aromatic heterocycles. The summed E-state index contributed by atoms with van der Waals surface area (Å²) in [5.41, 5.74) is 2.23. The topological polar surface area (TPSA) is 72.1 Å². The summed E-state index contributed by atoms with van der Waals surface area (Å²) in [5, 5.41) is 9.16. The maximum absolute atomic E-state index is 12.8. The van der Waals surface area contributed by atoms with E-state index in [4.69, 9.17) is 27.6 Å². The number of benzene rings is 1. The number of aryl methyl sites for hydroxylation is 1. The van der Waals surface area contributed by atoms with Crippen LogP contribution in [0, 0.1) is 6.92 Å². The summed E-state index contributed by atoms with van der Waals surface area (Å²) in [6.45, 7) is 3.12. The highest BCUT2D eigenvalue weighted by Gasteiger charge is 2.29. The van der Waals surface area contributed by atoms with Crippen molar-refractivity contribution in [2.45, 2.75) is 25.7 Å². The molecule has 1 fully saturated rings.